The Morgan fingerprint density at radius 3 is 2.27 bits per heavy atom. The smallest absolute Gasteiger partial charge is 0.226 e. The lowest BCUT2D eigenvalue weighted by molar-refractivity contribution is -0.138. The van der Waals surface area contributed by atoms with Crippen LogP contribution < -0.4 is 5.73 Å². The summed E-state index contributed by atoms with van der Waals surface area (Å²) in [5.41, 5.74) is 6.07. The Balaban J connectivity index is 1.72. The molecule has 2 aromatic heterocycles. The monoisotopic (exact) mass is 334 g/mol. The van der Waals surface area contributed by atoms with E-state index in [0.29, 0.717) is 13.1 Å². The van der Waals surface area contributed by atoms with Crippen molar-refractivity contribution in [3.63, 3.8) is 0 Å². The second kappa shape index (κ2) is 7.40. The third-order valence-electron chi connectivity index (χ3n) is 4.23. The zero-order valence-electron chi connectivity index (χ0n) is 12.6. The molecule has 22 heavy (non-hydrogen) atoms. The summed E-state index contributed by atoms with van der Waals surface area (Å²) in [6.45, 7) is 1.42. The summed E-state index contributed by atoms with van der Waals surface area (Å²) in [5.74, 6) is 0.376. The van der Waals surface area contributed by atoms with Crippen molar-refractivity contribution in [2.24, 2.45) is 11.7 Å². The van der Waals surface area contributed by atoms with E-state index in [1.54, 1.807) is 22.7 Å². The van der Waals surface area contributed by atoms with Crippen molar-refractivity contribution in [1.82, 2.24) is 4.90 Å². The van der Waals surface area contributed by atoms with Crippen LogP contribution in [0.15, 0.2) is 35.0 Å². The van der Waals surface area contributed by atoms with Gasteiger partial charge in [-0.3, -0.25) is 4.79 Å². The molecule has 2 aromatic rings. The lowest BCUT2D eigenvalue weighted by Gasteiger charge is -2.31. The molecule has 1 saturated carbocycles. The number of nitrogens with zero attached hydrogens (tertiary/aromatic N) is 1. The fourth-order valence-electron chi connectivity index (χ4n) is 3.10. The first-order valence-electron chi connectivity index (χ1n) is 7.81. The molecule has 118 valence electrons. The van der Waals surface area contributed by atoms with E-state index in [1.807, 2.05) is 17.0 Å². The number of nitrogens with two attached hydrogens (primary N) is 1. The summed E-state index contributed by atoms with van der Waals surface area (Å²) in [4.78, 5) is 17.5. The number of amides is 1. The van der Waals surface area contributed by atoms with Crippen LogP contribution in [0.5, 0.6) is 0 Å². The Bertz CT molecular complexity index is 544. The van der Waals surface area contributed by atoms with E-state index in [2.05, 4.69) is 22.9 Å². The van der Waals surface area contributed by atoms with Crippen molar-refractivity contribution in [2.45, 2.75) is 44.8 Å². The number of rotatable bonds is 5. The van der Waals surface area contributed by atoms with Crippen LogP contribution in [-0.4, -0.2) is 16.8 Å². The molecule has 0 saturated heterocycles. The van der Waals surface area contributed by atoms with E-state index in [4.69, 9.17) is 5.73 Å². The van der Waals surface area contributed by atoms with Crippen molar-refractivity contribution in [2.75, 3.05) is 0 Å². The molecule has 2 heterocycles. The Morgan fingerprint density at radius 2 is 1.77 bits per heavy atom. The number of carbonyl (C=O) groups excluding carboxylic acids is 1. The molecular weight excluding hydrogens is 312 g/mol. The SMILES string of the molecule is NC1CCCC(C(=O)N(Cc2cccs2)Cc2cccs2)C1. The number of hydrogen-bond donors (Lipinski definition) is 1. The summed E-state index contributed by atoms with van der Waals surface area (Å²) >= 11 is 3.43. The molecule has 0 bridgehead atoms. The summed E-state index contributed by atoms with van der Waals surface area (Å²) in [5, 5.41) is 4.14. The Labute approximate surface area is 139 Å². The summed E-state index contributed by atoms with van der Waals surface area (Å²) in [6.07, 6.45) is 3.95. The van der Waals surface area contributed by atoms with Gasteiger partial charge in [-0.1, -0.05) is 18.6 Å². The molecule has 1 fully saturated rings. The van der Waals surface area contributed by atoms with Gasteiger partial charge in [0.1, 0.15) is 0 Å². The van der Waals surface area contributed by atoms with Crippen LogP contribution in [-0.2, 0) is 17.9 Å². The highest BCUT2D eigenvalue weighted by molar-refractivity contribution is 7.10. The fourth-order valence-corrected chi connectivity index (χ4v) is 4.54. The topological polar surface area (TPSA) is 46.3 Å². The van der Waals surface area contributed by atoms with Crippen LogP contribution in [0.1, 0.15) is 35.4 Å². The molecule has 3 nitrogen and oxygen atoms in total. The lowest BCUT2D eigenvalue weighted by atomic mass is 9.85. The first-order chi connectivity index (χ1) is 10.7. The van der Waals surface area contributed by atoms with Gasteiger partial charge >= 0.3 is 0 Å². The van der Waals surface area contributed by atoms with E-state index < -0.39 is 0 Å². The second-order valence-corrected chi connectivity index (χ2v) is 8.04. The summed E-state index contributed by atoms with van der Waals surface area (Å²) < 4.78 is 0. The van der Waals surface area contributed by atoms with Gasteiger partial charge in [0.05, 0.1) is 13.1 Å². The van der Waals surface area contributed by atoms with Crippen LogP contribution in [0, 0.1) is 5.92 Å². The molecule has 0 radical (unpaired) electrons. The second-order valence-electron chi connectivity index (χ2n) is 5.98. The third-order valence-corrected chi connectivity index (χ3v) is 5.95. The highest BCUT2D eigenvalue weighted by atomic mass is 32.1. The predicted octanol–water partition coefficient (Wildman–Crippen LogP) is 3.86. The van der Waals surface area contributed by atoms with Crippen molar-refractivity contribution >= 4 is 28.6 Å². The minimum absolute atomic E-state index is 0.101. The number of hydrogen-bond acceptors (Lipinski definition) is 4. The van der Waals surface area contributed by atoms with E-state index in [9.17, 15) is 4.79 Å². The third kappa shape index (κ3) is 3.97. The zero-order valence-corrected chi connectivity index (χ0v) is 14.2. The molecule has 1 amide bonds. The number of carbonyl (C=O) groups is 1. The summed E-state index contributed by atoms with van der Waals surface area (Å²) in [6, 6.07) is 8.49. The zero-order chi connectivity index (χ0) is 15.4. The van der Waals surface area contributed by atoms with Gasteiger partial charge in [-0.05, 0) is 42.2 Å². The highest BCUT2D eigenvalue weighted by Gasteiger charge is 2.29. The average Bonchev–Trinajstić information content (AvgIpc) is 3.19. The fraction of sp³-hybridized carbons (Fsp3) is 0.471. The Morgan fingerprint density at radius 1 is 1.14 bits per heavy atom. The molecule has 2 N–H and O–H groups in total. The first kappa shape index (κ1) is 15.7. The minimum atomic E-state index is 0.101. The van der Waals surface area contributed by atoms with Gasteiger partial charge < -0.3 is 10.6 Å². The van der Waals surface area contributed by atoms with Gasteiger partial charge in [-0.15, -0.1) is 22.7 Å². The molecule has 2 unspecified atom stereocenters. The van der Waals surface area contributed by atoms with E-state index in [1.165, 1.54) is 9.75 Å². The molecule has 1 aliphatic rings. The quantitative estimate of drug-likeness (QED) is 0.902. The van der Waals surface area contributed by atoms with Crippen LogP contribution in [0.2, 0.25) is 0 Å². The van der Waals surface area contributed by atoms with Crippen molar-refractivity contribution < 1.29 is 4.79 Å². The minimum Gasteiger partial charge on any atom is -0.332 e. The maximum Gasteiger partial charge on any atom is 0.226 e. The van der Waals surface area contributed by atoms with Crippen LogP contribution in [0.25, 0.3) is 0 Å². The van der Waals surface area contributed by atoms with Gasteiger partial charge in [0.15, 0.2) is 0 Å². The van der Waals surface area contributed by atoms with Gasteiger partial charge in [0, 0.05) is 21.7 Å². The normalized spacial score (nSPS) is 21.7. The molecular formula is C17H22N2OS2. The highest BCUT2D eigenvalue weighted by Crippen LogP contribution is 2.27. The maximum absolute atomic E-state index is 13.0. The molecule has 3 rings (SSSR count). The first-order valence-corrected chi connectivity index (χ1v) is 9.57. The van der Waals surface area contributed by atoms with E-state index >= 15 is 0 Å². The van der Waals surface area contributed by atoms with E-state index in [0.717, 1.165) is 25.7 Å². The Kier molecular flexibility index (Phi) is 5.28. The van der Waals surface area contributed by atoms with Gasteiger partial charge in [-0.25, -0.2) is 0 Å². The van der Waals surface area contributed by atoms with Gasteiger partial charge in [-0.2, -0.15) is 0 Å². The Hall–Kier alpha value is -1.17. The molecule has 0 aliphatic heterocycles. The predicted molar refractivity (Wildman–Crippen MR) is 92.8 cm³/mol. The van der Waals surface area contributed by atoms with Crippen LogP contribution in [0.4, 0.5) is 0 Å². The van der Waals surface area contributed by atoms with Crippen LogP contribution >= 0.6 is 22.7 Å². The molecule has 1 aliphatic carbocycles. The number of thiophene rings is 2. The lowest BCUT2D eigenvalue weighted by Crippen LogP contribution is -2.39. The maximum atomic E-state index is 13.0. The van der Waals surface area contributed by atoms with Gasteiger partial charge in [0.25, 0.3) is 0 Å². The van der Waals surface area contributed by atoms with Crippen molar-refractivity contribution in [3.8, 4) is 0 Å². The van der Waals surface area contributed by atoms with Crippen molar-refractivity contribution in [1.29, 1.82) is 0 Å². The molecule has 5 heteroatoms. The average molecular weight is 335 g/mol. The van der Waals surface area contributed by atoms with Gasteiger partial charge in [0.2, 0.25) is 5.91 Å². The summed E-state index contributed by atoms with van der Waals surface area (Å²) in [7, 11) is 0. The molecule has 0 spiro atoms. The van der Waals surface area contributed by atoms with Crippen molar-refractivity contribution in [3.05, 3.63) is 44.8 Å². The molecule has 2 atom stereocenters. The standard InChI is InChI=1S/C17H22N2OS2/c18-14-5-1-4-13(10-14)17(20)19(11-15-6-2-8-21-15)12-16-7-3-9-22-16/h2-3,6-9,13-14H,1,4-5,10-12,18H2. The van der Waals surface area contributed by atoms with E-state index in [-0.39, 0.29) is 17.9 Å². The van der Waals surface area contributed by atoms with Crippen LogP contribution in [0.3, 0.4) is 0 Å². The molecule has 0 aromatic carbocycles. The largest absolute Gasteiger partial charge is 0.332 e.